The van der Waals surface area contributed by atoms with E-state index in [9.17, 15) is 14.9 Å². The molecule has 0 atom stereocenters. The molecule has 8 nitrogen and oxygen atoms in total. The van der Waals surface area contributed by atoms with Crippen LogP contribution >= 0.6 is 24.8 Å². The van der Waals surface area contributed by atoms with Gasteiger partial charge in [0.15, 0.2) is 0 Å². The van der Waals surface area contributed by atoms with Gasteiger partial charge in [0.25, 0.3) is 11.6 Å². The van der Waals surface area contributed by atoms with Gasteiger partial charge in [-0.3, -0.25) is 14.9 Å². The molecule has 1 aliphatic heterocycles. The van der Waals surface area contributed by atoms with Crippen LogP contribution in [0.3, 0.4) is 0 Å². The maximum Gasteiger partial charge on any atom is 0.294 e. The van der Waals surface area contributed by atoms with Gasteiger partial charge in [-0.05, 0) is 32.0 Å². The predicted molar refractivity (Wildman–Crippen MR) is 103 cm³/mol. The number of nitrogens with zero attached hydrogens (tertiary/aromatic N) is 4. The monoisotopic (exact) mass is 401 g/mol. The average molecular weight is 402 g/mol. The maximum atomic E-state index is 12.6. The highest BCUT2D eigenvalue weighted by Gasteiger charge is 2.25. The van der Waals surface area contributed by atoms with Crippen molar-refractivity contribution in [2.45, 2.75) is 18.9 Å². The van der Waals surface area contributed by atoms with Crippen molar-refractivity contribution >= 4 is 36.4 Å². The Hall–Kier alpha value is -2.16. The number of carbonyl (C=O) groups excluding carboxylic acids is 1. The molecule has 2 aromatic rings. The zero-order chi connectivity index (χ0) is 17.1. The molecule has 1 aliphatic rings. The standard InChI is InChI=1S/C16H19N5O3.2ClH/c1-17-13-4-7-19(8-5-13)16(22)12-2-3-14(15(10-12)21(23)24)20-9-6-18-11-20;;/h2-3,6,9-11,13,17H,4-5,7-8H2,1H3;2*1H. The van der Waals surface area contributed by atoms with E-state index in [0.717, 1.165) is 12.8 Å². The lowest BCUT2D eigenvalue weighted by atomic mass is 10.0. The molecule has 0 bridgehead atoms. The Morgan fingerprint density at radius 1 is 1.31 bits per heavy atom. The zero-order valence-corrected chi connectivity index (χ0v) is 15.8. The molecule has 1 aromatic carbocycles. The molecular weight excluding hydrogens is 381 g/mol. The summed E-state index contributed by atoms with van der Waals surface area (Å²) in [5, 5.41) is 14.6. The Balaban J connectivity index is 0.00000169. The van der Waals surface area contributed by atoms with Crippen LogP contribution in [0.15, 0.2) is 36.9 Å². The summed E-state index contributed by atoms with van der Waals surface area (Å²) in [6.45, 7) is 1.31. The van der Waals surface area contributed by atoms with Crippen LogP contribution in [0.1, 0.15) is 23.2 Å². The van der Waals surface area contributed by atoms with Crippen LogP contribution in [0.25, 0.3) is 5.69 Å². The van der Waals surface area contributed by atoms with E-state index in [1.165, 1.54) is 12.4 Å². The van der Waals surface area contributed by atoms with Gasteiger partial charge in [0.1, 0.15) is 5.69 Å². The third kappa shape index (κ3) is 4.51. The molecule has 1 amide bonds. The molecule has 10 heteroatoms. The number of benzene rings is 1. The van der Waals surface area contributed by atoms with E-state index >= 15 is 0 Å². The van der Waals surface area contributed by atoms with Crippen LogP contribution in [0, 0.1) is 10.1 Å². The molecule has 1 N–H and O–H groups in total. The number of nitro groups is 1. The highest BCUT2D eigenvalue weighted by molar-refractivity contribution is 5.95. The number of rotatable bonds is 4. The zero-order valence-electron chi connectivity index (χ0n) is 14.2. The highest BCUT2D eigenvalue weighted by Crippen LogP contribution is 2.25. The summed E-state index contributed by atoms with van der Waals surface area (Å²) in [5.74, 6) is -0.162. The molecule has 0 saturated carbocycles. The molecule has 1 aromatic heterocycles. The molecule has 0 unspecified atom stereocenters. The Labute approximate surface area is 163 Å². The summed E-state index contributed by atoms with van der Waals surface area (Å²) < 4.78 is 1.56. The molecule has 1 saturated heterocycles. The minimum Gasteiger partial charge on any atom is -0.339 e. The lowest BCUT2D eigenvalue weighted by molar-refractivity contribution is -0.384. The largest absolute Gasteiger partial charge is 0.339 e. The first-order valence-electron chi connectivity index (χ1n) is 7.83. The number of amides is 1. The van der Waals surface area contributed by atoms with Crippen LogP contribution in [0.4, 0.5) is 5.69 Å². The quantitative estimate of drug-likeness (QED) is 0.627. The molecule has 26 heavy (non-hydrogen) atoms. The molecule has 0 radical (unpaired) electrons. The number of likely N-dealkylation sites (tertiary alicyclic amines) is 1. The van der Waals surface area contributed by atoms with Gasteiger partial charge in [0.2, 0.25) is 0 Å². The van der Waals surface area contributed by atoms with Crippen molar-refractivity contribution in [3.05, 3.63) is 52.6 Å². The lowest BCUT2D eigenvalue weighted by Gasteiger charge is -2.31. The van der Waals surface area contributed by atoms with Crippen LogP contribution in [0.5, 0.6) is 0 Å². The third-order valence-corrected chi connectivity index (χ3v) is 4.39. The highest BCUT2D eigenvalue weighted by atomic mass is 35.5. The first-order chi connectivity index (χ1) is 11.6. The summed E-state index contributed by atoms with van der Waals surface area (Å²) >= 11 is 0. The smallest absolute Gasteiger partial charge is 0.294 e. The van der Waals surface area contributed by atoms with Gasteiger partial charge in [0, 0.05) is 43.2 Å². The van der Waals surface area contributed by atoms with Gasteiger partial charge in [-0.25, -0.2) is 4.98 Å². The van der Waals surface area contributed by atoms with Gasteiger partial charge >= 0.3 is 0 Å². The third-order valence-electron chi connectivity index (χ3n) is 4.39. The van der Waals surface area contributed by atoms with E-state index in [0.29, 0.717) is 30.4 Å². The summed E-state index contributed by atoms with van der Waals surface area (Å²) in [4.78, 5) is 29.2. The number of hydrogen-bond acceptors (Lipinski definition) is 5. The van der Waals surface area contributed by atoms with Gasteiger partial charge < -0.3 is 14.8 Å². The summed E-state index contributed by atoms with van der Waals surface area (Å²) in [6.07, 6.45) is 6.45. The molecule has 142 valence electrons. The Morgan fingerprint density at radius 2 is 2.00 bits per heavy atom. The van der Waals surface area contributed by atoms with Crippen molar-refractivity contribution in [2.24, 2.45) is 0 Å². The Kier molecular flexibility index (Phi) is 8.01. The van der Waals surface area contributed by atoms with E-state index in [-0.39, 0.29) is 36.4 Å². The van der Waals surface area contributed by atoms with Crippen LogP contribution in [-0.2, 0) is 0 Å². The average Bonchev–Trinajstić information content (AvgIpc) is 3.15. The number of piperidine rings is 1. The molecule has 3 rings (SSSR count). The van der Waals surface area contributed by atoms with Crippen molar-refractivity contribution in [1.29, 1.82) is 0 Å². The topological polar surface area (TPSA) is 93.3 Å². The minimum atomic E-state index is -0.473. The number of carbonyl (C=O) groups is 1. The van der Waals surface area contributed by atoms with E-state index in [1.807, 2.05) is 7.05 Å². The van der Waals surface area contributed by atoms with Crippen LogP contribution < -0.4 is 5.32 Å². The number of hydrogen-bond donors (Lipinski definition) is 1. The van der Waals surface area contributed by atoms with Gasteiger partial charge in [-0.1, -0.05) is 0 Å². The molecule has 1 fully saturated rings. The molecule has 0 aliphatic carbocycles. The normalized spacial score (nSPS) is 14.3. The number of imidazole rings is 1. The van der Waals surface area contributed by atoms with Crippen molar-refractivity contribution < 1.29 is 9.72 Å². The number of halogens is 2. The molecule has 0 spiro atoms. The Morgan fingerprint density at radius 3 is 2.54 bits per heavy atom. The summed E-state index contributed by atoms with van der Waals surface area (Å²) in [7, 11) is 1.92. The van der Waals surface area contributed by atoms with E-state index < -0.39 is 4.92 Å². The van der Waals surface area contributed by atoms with Crippen LogP contribution in [-0.4, -0.2) is 51.5 Å². The summed E-state index contributed by atoms with van der Waals surface area (Å²) in [6, 6.07) is 5.00. The number of aromatic nitrogens is 2. The van der Waals surface area contributed by atoms with E-state index in [1.54, 1.807) is 34.0 Å². The molecule has 2 heterocycles. The second kappa shape index (κ2) is 9.51. The van der Waals surface area contributed by atoms with Crippen molar-refractivity contribution in [3.8, 4) is 5.69 Å². The number of nitro benzene ring substituents is 1. The van der Waals surface area contributed by atoms with E-state index in [2.05, 4.69) is 10.3 Å². The van der Waals surface area contributed by atoms with Gasteiger partial charge in [-0.15, -0.1) is 24.8 Å². The van der Waals surface area contributed by atoms with Gasteiger partial charge in [0.05, 0.1) is 11.3 Å². The maximum absolute atomic E-state index is 12.6. The van der Waals surface area contributed by atoms with Crippen molar-refractivity contribution in [3.63, 3.8) is 0 Å². The fraction of sp³-hybridized carbons (Fsp3) is 0.375. The second-order valence-corrected chi connectivity index (χ2v) is 5.79. The molecular formula is C16H21Cl2N5O3. The summed E-state index contributed by atoms with van der Waals surface area (Å²) in [5.41, 5.74) is 0.625. The minimum absolute atomic E-state index is 0. The van der Waals surface area contributed by atoms with E-state index in [4.69, 9.17) is 0 Å². The Bertz CT molecular complexity index is 746. The van der Waals surface area contributed by atoms with Crippen LogP contribution in [0.2, 0.25) is 0 Å². The van der Waals surface area contributed by atoms with Gasteiger partial charge in [-0.2, -0.15) is 0 Å². The number of nitrogens with one attached hydrogen (secondary N) is 1. The van der Waals surface area contributed by atoms with Crippen molar-refractivity contribution in [1.82, 2.24) is 19.8 Å². The SMILES string of the molecule is CNC1CCN(C(=O)c2ccc(-n3ccnc3)c([N+](=O)[O-])c2)CC1.Cl.Cl. The van der Waals surface area contributed by atoms with Crippen molar-refractivity contribution in [2.75, 3.05) is 20.1 Å². The lowest BCUT2D eigenvalue weighted by Crippen LogP contribution is -2.43. The first kappa shape index (κ1) is 21.9. The second-order valence-electron chi connectivity index (χ2n) is 5.79. The predicted octanol–water partition coefficient (Wildman–Crippen LogP) is 2.45. The first-order valence-corrected chi connectivity index (χ1v) is 7.83. The fourth-order valence-electron chi connectivity index (χ4n) is 2.98. The fourth-order valence-corrected chi connectivity index (χ4v) is 2.98.